The number of rotatable bonds is 9. The average Bonchev–Trinajstić information content (AvgIpc) is 3.55. The van der Waals surface area contributed by atoms with Gasteiger partial charge in [-0.2, -0.15) is 5.10 Å². The summed E-state index contributed by atoms with van der Waals surface area (Å²) in [4.78, 5) is 16.1. The van der Waals surface area contributed by atoms with E-state index in [1.807, 2.05) is 42.4 Å². The maximum absolute atomic E-state index is 9.45. The van der Waals surface area contributed by atoms with Crippen LogP contribution in [-0.4, -0.2) is 65.4 Å². The maximum Gasteiger partial charge on any atom is 0.180 e. The molecule has 0 spiro atoms. The van der Waals surface area contributed by atoms with Gasteiger partial charge in [0.25, 0.3) is 0 Å². The molecule has 0 aliphatic heterocycles. The Bertz CT molecular complexity index is 1480. The van der Waals surface area contributed by atoms with Crippen LogP contribution < -0.4 is 14.4 Å². The Morgan fingerprint density at radius 1 is 1.03 bits per heavy atom. The minimum atomic E-state index is -0.0288. The highest BCUT2D eigenvalue weighted by molar-refractivity contribution is 5.77. The molecule has 0 radical (unpaired) electrons. The minimum Gasteiger partial charge on any atom is -0.497 e. The molecule has 5 rings (SSSR count). The number of nitrogens with zero attached hydrogens (tertiary/aromatic N) is 9. The molecule has 0 atom stereocenters. The fourth-order valence-corrected chi connectivity index (χ4v) is 3.82. The van der Waals surface area contributed by atoms with Gasteiger partial charge in [-0.15, -0.1) is 10.2 Å². The zero-order chi connectivity index (χ0) is 25.1. The molecule has 0 unspecified atom stereocenters. The number of aryl methyl sites for hydroxylation is 1. The van der Waals surface area contributed by atoms with E-state index in [9.17, 15) is 5.11 Å². The second-order valence-electron chi connectivity index (χ2n) is 7.99. The van der Waals surface area contributed by atoms with Crippen molar-refractivity contribution in [2.45, 2.75) is 13.1 Å². The Hall–Kier alpha value is -4.58. The summed E-state index contributed by atoms with van der Waals surface area (Å²) in [5.41, 5.74) is 3.46. The minimum absolute atomic E-state index is 0.0288. The first kappa shape index (κ1) is 23.2. The molecular weight excluding hydrogens is 462 g/mol. The third-order valence-corrected chi connectivity index (χ3v) is 5.65. The van der Waals surface area contributed by atoms with Crippen LogP contribution in [-0.2, 0) is 20.1 Å². The Morgan fingerprint density at radius 3 is 2.53 bits per heavy atom. The van der Waals surface area contributed by atoms with Crippen molar-refractivity contribution in [3.63, 3.8) is 0 Å². The molecule has 4 aromatic heterocycles. The first-order valence-electron chi connectivity index (χ1n) is 11.2. The molecule has 4 heterocycles. The second kappa shape index (κ2) is 9.96. The molecule has 0 saturated heterocycles. The highest BCUT2D eigenvalue weighted by atomic mass is 16.5. The summed E-state index contributed by atoms with van der Waals surface area (Å²) >= 11 is 0. The topological polar surface area (TPSA) is 129 Å². The third kappa shape index (κ3) is 4.66. The second-order valence-corrected chi connectivity index (χ2v) is 7.99. The number of pyridine rings is 1. The van der Waals surface area contributed by atoms with Crippen molar-refractivity contribution < 1.29 is 14.6 Å². The first-order valence-corrected chi connectivity index (χ1v) is 11.2. The van der Waals surface area contributed by atoms with Crippen LogP contribution in [0.4, 0.5) is 11.5 Å². The number of ether oxygens (including phenoxy) is 2. The predicted molar refractivity (Wildman–Crippen MR) is 132 cm³/mol. The molecule has 5 aromatic rings. The lowest BCUT2D eigenvalue weighted by Crippen LogP contribution is -2.21. The Balaban J connectivity index is 1.62. The Kier molecular flexibility index (Phi) is 6.41. The predicted octanol–water partition coefficient (Wildman–Crippen LogP) is 2.36. The Morgan fingerprint density at radius 2 is 1.83 bits per heavy atom. The lowest BCUT2D eigenvalue weighted by molar-refractivity contribution is 0.274. The van der Waals surface area contributed by atoms with Crippen molar-refractivity contribution in [3.8, 4) is 22.8 Å². The zero-order valence-electron chi connectivity index (χ0n) is 20.1. The highest BCUT2D eigenvalue weighted by Gasteiger charge is 2.19. The number of hydrogen-bond acceptors (Lipinski definition) is 10. The van der Waals surface area contributed by atoms with E-state index in [1.165, 1.54) is 0 Å². The van der Waals surface area contributed by atoms with E-state index >= 15 is 0 Å². The van der Waals surface area contributed by atoms with Gasteiger partial charge in [0.1, 0.15) is 29.2 Å². The Labute approximate surface area is 206 Å². The molecule has 12 nitrogen and oxygen atoms in total. The molecule has 0 saturated carbocycles. The van der Waals surface area contributed by atoms with E-state index < -0.39 is 0 Å². The summed E-state index contributed by atoms with van der Waals surface area (Å²) in [6, 6.07) is 9.33. The van der Waals surface area contributed by atoms with Crippen LogP contribution in [0.15, 0.2) is 55.2 Å². The summed E-state index contributed by atoms with van der Waals surface area (Å²) < 4.78 is 14.5. The number of fused-ring (bicyclic) bond motifs is 1. The van der Waals surface area contributed by atoms with Gasteiger partial charge in [-0.25, -0.2) is 9.97 Å². The van der Waals surface area contributed by atoms with Gasteiger partial charge in [0, 0.05) is 43.6 Å². The van der Waals surface area contributed by atoms with Crippen LogP contribution in [0.3, 0.4) is 0 Å². The van der Waals surface area contributed by atoms with Crippen molar-refractivity contribution in [3.05, 3.63) is 61.1 Å². The van der Waals surface area contributed by atoms with Crippen molar-refractivity contribution in [2.75, 3.05) is 25.7 Å². The normalized spacial score (nSPS) is 11.1. The monoisotopic (exact) mass is 487 g/mol. The van der Waals surface area contributed by atoms with Gasteiger partial charge in [0.2, 0.25) is 0 Å². The fraction of sp³-hybridized carbons (Fsp3) is 0.250. The van der Waals surface area contributed by atoms with Crippen molar-refractivity contribution in [1.82, 2.24) is 39.5 Å². The zero-order valence-corrected chi connectivity index (χ0v) is 20.1. The molecule has 0 fully saturated rings. The van der Waals surface area contributed by atoms with E-state index in [2.05, 4.69) is 20.3 Å². The molecule has 0 aliphatic rings. The van der Waals surface area contributed by atoms with Crippen molar-refractivity contribution in [2.24, 2.45) is 7.05 Å². The van der Waals surface area contributed by atoms with Crippen molar-refractivity contribution in [1.29, 1.82) is 0 Å². The van der Waals surface area contributed by atoms with Gasteiger partial charge in [-0.3, -0.25) is 9.67 Å². The SMILES string of the molecule is COc1cc(OC)cc(N(Cc2nncn2CCO)c2ccc3ncc(-c4cnn(C)c4)nc3n2)c1. The van der Waals surface area contributed by atoms with Crippen LogP contribution in [0.5, 0.6) is 11.5 Å². The molecule has 0 bridgehead atoms. The largest absolute Gasteiger partial charge is 0.497 e. The number of hydrogen-bond donors (Lipinski definition) is 1. The molecule has 1 aromatic carbocycles. The van der Waals surface area contributed by atoms with Crippen LogP contribution in [0.25, 0.3) is 22.4 Å². The van der Waals surface area contributed by atoms with Gasteiger partial charge in [0.05, 0.1) is 51.1 Å². The number of benzene rings is 1. The average molecular weight is 488 g/mol. The van der Waals surface area contributed by atoms with Gasteiger partial charge in [-0.1, -0.05) is 0 Å². The number of aliphatic hydroxyl groups excluding tert-OH is 1. The molecule has 12 heteroatoms. The molecular formula is C24H25N9O3. The quantitative estimate of drug-likeness (QED) is 0.331. The van der Waals surface area contributed by atoms with Gasteiger partial charge in [0.15, 0.2) is 11.5 Å². The molecule has 0 aliphatic carbocycles. The number of anilines is 2. The van der Waals surface area contributed by atoms with E-state index in [0.29, 0.717) is 53.1 Å². The lowest BCUT2D eigenvalue weighted by Gasteiger charge is -2.25. The summed E-state index contributed by atoms with van der Waals surface area (Å²) in [5.74, 6) is 2.54. The lowest BCUT2D eigenvalue weighted by atomic mass is 10.2. The summed E-state index contributed by atoms with van der Waals surface area (Å²) in [6.07, 6.45) is 6.92. The molecule has 184 valence electrons. The third-order valence-electron chi connectivity index (χ3n) is 5.65. The van der Waals surface area contributed by atoms with Gasteiger partial charge in [-0.05, 0) is 12.1 Å². The molecule has 0 amide bonds. The standard InChI is InChI=1S/C24H25N9O3/c1-31-13-16(11-27-31)21-12-25-20-4-5-22(29-24(20)28-21)33(14-23-30-26-15-32(23)6-7-34)17-8-18(35-2)10-19(9-17)36-3/h4-5,8-13,15,34H,6-7,14H2,1-3H3. The number of aromatic nitrogens is 8. The summed E-state index contributed by atoms with van der Waals surface area (Å²) in [5, 5.41) is 22.0. The van der Waals surface area contributed by atoms with Crippen LogP contribution in [0.1, 0.15) is 5.82 Å². The van der Waals surface area contributed by atoms with Crippen molar-refractivity contribution >= 4 is 22.7 Å². The van der Waals surface area contributed by atoms with Crippen LogP contribution in [0, 0.1) is 0 Å². The smallest absolute Gasteiger partial charge is 0.180 e. The number of aliphatic hydroxyl groups is 1. The van der Waals surface area contributed by atoms with E-state index in [1.54, 1.807) is 48.3 Å². The van der Waals surface area contributed by atoms with E-state index in [0.717, 1.165) is 11.3 Å². The van der Waals surface area contributed by atoms with E-state index in [4.69, 9.17) is 19.4 Å². The first-order chi connectivity index (χ1) is 17.6. The number of methoxy groups -OCH3 is 2. The van der Waals surface area contributed by atoms with E-state index in [-0.39, 0.29) is 6.61 Å². The van der Waals surface area contributed by atoms with Crippen LogP contribution in [0.2, 0.25) is 0 Å². The summed E-state index contributed by atoms with van der Waals surface area (Å²) in [7, 11) is 5.05. The van der Waals surface area contributed by atoms with Crippen LogP contribution >= 0.6 is 0 Å². The molecule has 36 heavy (non-hydrogen) atoms. The van der Waals surface area contributed by atoms with Gasteiger partial charge >= 0.3 is 0 Å². The summed E-state index contributed by atoms with van der Waals surface area (Å²) in [6.45, 7) is 0.673. The highest BCUT2D eigenvalue weighted by Crippen LogP contribution is 2.34. The maximum atomic E-state index is 9.45. The van der Waals surface area contributed by atoms with Gasteiger partial charge < -0.3 is 24.0 Å². The molecule has 1 N–H and O–H groups in total. The fourth-order valence-electron chi connectivity index (χ4n) is 3.82.